The third kappa shape index (κ3) is 4.91. The van der Waals surface area contributed by atoms with Gasteiger partial charge < -0.3 is 9.47 Å². The molecule has 1 aromatic rings. The molecular formula is C13H20N2O5S. The van der Waals surface area contributed by atoms with Gasteiger partial charge in [-0.2, -0.15) is 0 Å². The monoisotopic (exact) mass is 316 g/mol. The number of sulfonamides is 1. The zero-order valence-corrected chi connectivity index (χ0v) is 13.1. The van der Waals surface area contributed by atoms with Gasteiger partial charge in [0.1, 0.15) is 5.75 Å². The van der Waals surface area contributed by atoms with Crippen molar-refractivity contribution in [1.29, 1.82) is 0 Å². The minimum atomic E-state index is -3.62. The van der Waals surface area contributed by atoms with Gasteiger partial charge in [0, 0.05) is 6.54 Å². The van der Waals surface area contributed by atoms with Crippen molar-refractivity contribution in [2.75, 3.05) is 25.6 Å². The summed E-state index contributed by atoms with van der Waals surface area (Å²) < 4.78 is 36.4. The van der Waals surface area contributed by atoms with Gasteiger partial charge in [-0.05, 0) is 31.5 Å². The Hall–Kier alpha value is -1.80. The van der Waals surface area contributed by atoms with Crippen LogP contribution >= 0.6 is 0 Å². The van der Waals surface area contributed by atoms with E-state index in [2.05, 4.69) is 10.0 Å². The van der Waals surface area contributed by atoms with Crippen molar-refractivity contribution in [3.8, 4) is 5.75 Å². The van der Waals surface area contributed by atoms with Crippen molar-refractivity contribution in [2.45, 2.75) is 25.2 Å². The number of carbonyl (C=O) groups is 1. The van der Waals surface area contributed by atoms with Gasteiger partial charge in [0.05, 0.1) is 24.3 Å². The van der Waals surface area contributed by atoms with Gasteiger partial charge in [-0.1, -0.05) is 6.92 Å². The molecule has 1 amide bonds. The Labute approximate surface area is 124 Å². The molecule has 2 N–H and O–H groups in total. The van der Waals surface area contributed by atoms with Crippen LogP contribution in [-0.4, -0.2) is 34.8 Å². The summed E-state index contributed by atoms with van der Waals surface area (Å²) in [5.41, 5.74) is 0.232. The maximum atomic E-state index is 12.1. The maximum absolute atomic E-state index is 12.1. The summed E-state index contributed by atoms with van der Waals surface area (Å²) >= 11 is 0. The average Bonchev–Trinajstić information content (AvgIpc) is 2.45. The topological polar surface area (TPSA) is 93.7 Å². The Morgan fingerprint density at radius 2 is 2.00 bits per heavy atom. The molecule has 0 bridgehead atoms. The highest BCUT2D eigenvalue weighted by Crippen LogP contribution is 2.27. The average molecular weight is 316 g/mol. The van der Waals surface area contributed by atoms with Crippen LogP contribution in [-0.2, 0) is 14.8 Å². The van der Waals surface area contributed by atoms with E-state index in [4.69, 9.17) is 9.47 Å². The summed E-state index contributed by atoms with van der Waals surface area (Å²) in [6, 6.07) is 4.21. The number of carbonyl (C=O) groups excluding carboxylic acids is 1. The highest BCUT2D eigenvalue weighted by atomic mass is 32.2. The minimum Gasteiger partial charge on any atom is -0.495 e. The molecular weight excluding hydrogens is 296 g/mol. The molecule has 0 fully saturated rings. The predicted molar refractivity (Wildman–Crippen MR) is 79.1 cm³/mol. The van der Waals surface area contributed by atoms with Crippen LogP contribution in [0.3, 0.4) is 0 Å². The first-order valence-corrected chi connectivity index (χ1v) is 8.04. The summed E-state index contributed by atoms with van der Waals surface area (Å²) in [6.45, 7) is 4.09. The molecule has 118 valence electrons. The third-order valence-electron chi connectivity index (χ3n) is 2.54. The van der Waals surface area contributed by atoms with Crippen molar-refractivity contribution < 1.29 is 22.7 Å². The van der Waals surface area contributed by atoms with Crippen molar-refractivity contribution >= 4 is 21.8 Å². The van der Waals surface area contributed by atoms with Crippen LogP contribution in [0.2, 0.25) is 0 Å². The zero-order chi connectivity index (χ0) is 15.9. The molecule has 0 spiro atoms. The second kappa shape index (κ2) is 7.84. The number of amides is 1. The fourth-order valence-electron chi connectivity index (χ4n) is 1.55. The maximum Gasteiger partial charge on any atom is 0.411 e. The Morgan fingerprint density at radius 3 is 2.57 bits per heavy atom. The Morgan fingerprint density at radius 1 is 1.29 bits per heavy atom. The second-order valence-electron chi connectivity index (χ2n) is 4.11. The van der Waals surface area contributed by atoms with E-state index in [1.165, 1.54) is 25.3 Å². The number of methoxy groups -OCH3 is 1. The first kappa shape index (κ1) is 17.3. The quantitative estimate of drug-likeness (QED) is 0.802. The molecule has 0 saturated heterocycles. The van der Waals surface area contributed by atoms with E-state index < -0.39 is 16.1 Å². The van der Waals surface area contributed by atoms with Crippen molar-refractivity contribution in [3.63, 3.8) is 0 Å². The van der Waals surface area contributed by atoms with E-state index >= 15 is 0 Å². The molecule has 0 saturated carbocycles. The normalized spacial score (nSPS) is 11.0. The molecule has 0 radical (unpaired) electrons. The SMILES string of the molecule is CCCNS(=O)(=O)c1ccc(OC)c(NC(=O)OCC)c1. The van der Waals surface area contributed by atoms with Crippen molar-refractivity contribution in [2.24, 2.45) is 0 Å². The van der Waals surface area contributed by atoms with Gasteiger partial charge in [-0.25, -0.2) is 17.9 Å². The van der Waals surface area contributed by atoms with Crippen LogP contribution in [0.25, 0.3) is 0 Å². The Balaban J connectivity index is 3.07. The van der Waals surface area contributed by atoms with E-state index in [9.17, 15) is 13.2 Å². The van der Waals surface area contributed by atoms with Crippen LogP contribution in [0, 0.1) is 0 Å². The third-order valence-corrected chi connectivity index (χ3v) is 3.99. The largest absolute Gasteiger partial charge is 0.495 e. The van der Waals surface area contributed by atoms with E-state index in [1.807, 2.05) is 6.92 Å². The number of nitrogens with one attached hydrogen (secondary N) is 2. The van der Waals surface area contributed by atoms with E-state index in [1.54, 1.807) is 6.92 Å². The van der Waals surface area contributed by atoms with Gasteiger partial charge in [-0.3, -0.25) is 5.32 Å². The summed E-state index contributed by atoms with van der Waals surface area (Å²) in [5.74, 6) is 0.345. The van der Waals surface area contributed by atoms with Crippen molar-refractivity contribution in [1.82, 2.24) is 4.72 Å². The molecule has 0 aliphatic rings. The molecule has 0 heterocycles. The second-order valence-corrected chi connectivity index (χ2v) is 5.87. The molecule has 0 atom stereocenters. The van der Waals surface area contributed by atoms with Gasteiger partial charge >= 0.3 is 6.09 Å². The van der Waals surface area contributed by atoms with E-state index in [0.717, 1.165) is 0 Å². The predicted octanol–water partition coefficient (Wildman–Crippen LogP) is 1.95. The molecule has 0 aliphatic carbocycles. The summed E-state index contributed by atoms with van der Waals surface area (Å²) in [4.78, 5) is 11.5. The Kier molecular flexibility index (Phi) is 6.44. The molecule has 0 unspecified atom stereocenters. The highest BCUT2D eigenvalue weighted by molar-refractivity contribution is 7.89. The molecule has 0 aromatic heterocycles. The van der Waals surface area contributed by atoms with Crippen LogP contribution < -0.4 is 14.8 Å². The van der Waals surface area contributed by atoms with E-state index in [0.29, 0.717) is 18.7 Å². The van der Waals surface area contributed by atoms with Gasteiger partial charge in [-0.15, -0.1) is 0 Å². The standard InChI is InChI=1S/C13H20N2O5S/c1-4-8-14-21(17,18)10-6-7-12(19-3)11(9-10)15-13(16)20-5-2/h6-7,9,14H,4-5,8H2,1-3H3,(H,15,16). The number of hydrogen-bond acceptors (Lipinski definition) is 5. The Bertz CT molecular complexity index is 586. The number of rotatable bonds is 7. The summed E-state index contributed by atoms with van der Waals surface area (Å²) in [7, 11) is -2.19. The zero-order valence-electron chi connectivity index (χ0n) is 12.3. The number of benzene rings is 1. The molecule has 8 heteroatoms. The first-order valence-electron chi connectivity index (χ1n) is 6.56. The van der Waals surface area contributed by atoms with Gasteiger partial charge in [0.25, 0.3) is 0 Å². The smallest absolute Gasteiger partial charge is 0.411 e. The lowest BCUT2D eigenvalue weighted by atomic mass is 10.3. The fraction of sp³-hybridized carbons (Fsp3) is 0.462. The lowest BCUT2D eigenvalue weighted by Crippen LogP contribution is -2.24. The number of ether oxygens (including phenoxy) is 2. The molecule has 1 aromatic carbocycles. The molecule has 7 nitrogen and oxygen atoms in total. The molecule has 1 rings (SSSR count). The summed E-state index contributed by atoms with van der Waals surface area (Å²) in [6.07, 6.45) is 0.00965. The lowest BCUT2D eigenvalue weighted by molar-refractivity contribution is 0.168. The van der Waals surface area contributed by atoms with Crippen molar-refractivity contribution in [3.05, 3.63) is 18.2 Å². The van der Waals surface area contributed by atoms with Crippen LogP contribution in [0.1, 0.15) is 20.3 Å². The van der Waals surface area contributed by atoms with E-state index in [-0.39, 0.29) is 17.2 Å². The van der Waals surface area contributed by atoms with Gasteiger partial charge in [0.2, 0.25) is 10.0 Å². The number of anilines is 1. The minimum absolute atomic E-state index is 0.0450. The lowest BCUT2D eigenvalue weighted by Gasteiger charge is -2.12. The highest BCUT2D eigenvalue weighted by Gasteiger charge is 2.17. The van der Waals surface area contributed by atoms with Crippen LogP contribution in [0.4, 0.5) is 10.5 Å². The van der Waals surface area contributed by atoms with Crippen LogP contribution in [0.15, 0.2) is 23.1 Å². The fourth-order valence-corrected chi connectivity index (χ4v) is 2.71. The first-order chi connectivity index (χ1) is 9.94. The molecule has 0 aliphatic heterocycles. The molecule has 21 heavy (non-hydrogen) atoms. The summed E-state index contributed by atoms with van der Waals surface area (Å²) in [5, 5.41) is 2.45. The number of hydrogen-bond donors (Lipinski definition) is 2. The van der Waals surface area contributed by atoms with Crippen LogP contribution in [0.5, 0.6) is 5.75 Å². The van der Waals surface area contributed by atoms with Gasteiger partial charge in [0.15, 0.2) is 0 Å².